The van der Waals surface area contributed by atoms with Gasteiger partial charge >= 0.3 is 0 Å². The van der Waals surface area contributed by atoms with Gasteiger partial charge in [0, 0.05) is 30.5 Å². The Morgan fingerprint density at radius 1 is 1.14 bits per heavy atom. The van der Waals surface area contributed by atoms with Crippen molar-refractivity contribution in [2.75, 3.05) is 18.0 Å². The first-order valence-corrected chi connectivity index (χ1v) is 10.7. The normalized spacial score (nSPS) is 16.8. The van der Waals surface area contributed by atoms with Crippen molar-refractivity contribution in [3.63, 3.8) is 0 Å². The summed E-state index contributed by atoms with van der Waals surface area (Å²) in [7, 11) is 0. The molecule has 3 rings (SSSR count). The maximum absolute atomic E-state index is 13.2. The average Bonchev–Trinajstić information content (AvgIpc) is 3.21. The van der Waals surface area contributed by atoms with E-state index in [1.54, 1.807) is 6.07 Å². The van der Waals surface area contributed by atoms with Gasteiger partial charge in [-0.1, -0.05) is 53.6 Å². The van der Waals surface area contributed by atoms with E-state index < -0.39 is 5.41 Å². The van der Waals surface area contributed by atoms with Gasteiger partial charge in [0.25, 0.3) is 5.56 Å². The molecule has 1 N–H and O–H groups in total. The summed E-state index contributed by atoms with van der Waals surface area (Å²) in [4.78, 5) is 23.3. The van der Waals surface area contributed by atoms with Gasteiger partial charge in [-0.05, 0) is 51.3 Å². The molecule has 1 aromatic carbocycles. The van der Waals surface area contributed by atoms with Crippen LogP contribution in [0.2, 0.25) is 10.0 Å². The number of H-pyrrole nitrogens is 1. The number of hydrogen-bond donors (Lipinski definition) is 1. The molecule has 0 unspecified atom stereocenters. The van der Waals surface area contributed by atoms with Crippen LogP contribution in [-0.2, 0) is 11.8 Å². The summed E-state index contributed by atoms with van der Waals surface area (Å²) in [5.74, 6) is 0.653. The lowest BCUT2D eigenvalue weighted by molar-refractivity contribution is 0.692. The van der Waals surface area contributed by atoms with Gasteiger partial charge in [0.05, 0.1) is 15.7 Å². The summed E-state index contributed by atoms with van der Waals surface area (Å²) in [6.07, 6.45) is 10.8. The molecule has 2 heterocycles. The number of allylic oxidation sites excluding steroid dienone is 4. The van der Waals surface area contributed by atoms with Gasteiger partial charge in [-0.15, -0.1) is 0 Å². The van der Waals surface area contributed by atoms with Crippen molar-refractivity contribution < 1.29 is 0 Å². The van der Waals surface area contributed by atoms with E-state index >= 15 is 0 Å². The van der Waals surface area contributed by atoms with Crippen molar-refractivity contribution in [1.82, 2.24) is 9.97 Å². The van der Waals surface area contributed by atoms with Crippen LogP contribution in [0.25, 0.3) is 0 Å². The Bertz CT molecular complexity index is 976. The van der Waals surface area contributed by atoms with E-state index in [4.69, 9.17) is 28.2 Å². The third-order valence-electron chi connectivity index (χ3n) is 5.31. The van der Waals surface area contributed by atoms with Crippen LogP contribution in [0.3, 0.4) is 0 Å². The molecule has 29 heavy (non-hydrogen) atoms. The highest BCUT2D eigenvalue weighted by Crippen LogP contribution is 2.31. The summed E-state index contributed by atoms with van der Waals surface area (Å²) in [6.45, 7) is 7.88. The lowest BCUT2D eigenvalue weighted by atomic mass is 9.82. The fraction of sp³-hybridized carbons (Fsp3) is 0.391. The molecule has 1 fully saturated rings. The van der Waals surface area contributed by atoms with E-state index in [1.807, 2.05) is 38.1 Å². The van der Waals surface area contributed by atoms with Gasteiger partial charge in [0.15, 0.2) is 0 Å². The van der Waals surface area contributed by atoms with Crippen molar-refractivity contribution in [2.24, 2.45) is 0 Å². The molecule has 1 aromatic heterocycles. The van der Waals surface area contributed by atoms with Crippen LogP contribution in [0.15, 0.2) is 47.3 Å². The highest BCUT2D eigenvalue weighted by Gasteiger charge is 2.29. The number of rotatable bonds is 6. The van der Waals surface area contributed by atoms with Gasteiger partial charge in [-0.2, -0.15) is 0 Å². The van der Waals surface area contributed by atoms with Crippen molar-refractivity contribution in [3.8, 4) is 0 Å². The molecular weight excluding hydrogens is 405 g/mol. The van der Waals surface area contributed by atoms with Gasteiger partial charge in [0.1, 0.15) is 0 Å². The second-order valence-corrected chi connectivity index (χ2v) is 8.43. The van der Waals surface area contributed by atoms with E-state index in [1.165, 1.54) is 0 Å². The predicted molar refractivity (Wildman–Crippen MR) is 123 cm³/mol. The summed E-state index contributed by atoms with van der Waals surface area (Å²) < 4.78 is 0. The first kappa shape index (κ1) is 21.7. The van der Waals surface area contributed by atoms with Crippen LogP contribution in [0.1, 0.15) is 50.4 Å². The maximum atomic E-state index is 13.2. The summed E-state index contributed by atoms with van der Waals surface area (Å²) in [6, 6.07) is 5.47. The Kier molecular flexibility index (Phi) is 6.86. The maximum Gasteiger partial charge on any atom is 0.256 e. The summed E-state index contributed by atoms with van der Waals surface area (Å²) in [5.41, 5.74) is 1.74. The first-order chi connectivity index (χ1) is 13.9. The largest absolute Gasteiger partial charge is 0.342 e. The molecular formula is C23H27Cl2N3O. The topological polar surface area (TPSA) is 49.0 Å². The van der Waals surface area contributed by atoms with Crippen LogP contribution in [0.5, 0.6) is 0 Å². The zero-order chi connectivity index (χ0) is 21.0. The monoisotopic (exact) mass is 431 g/mol. The van der Waals surface area contributed by atoms with Gasteiger partial charge in [-0.3, -0.25) is 9.78 Å². The molecule has 0 atom stereocenters. The smallest absolute Gasteiger partial charge is 0.256 e. The van der Waals surface area contributed by atoms with Crippen LogP contribution >= 0.6 is 23.2 Å². The van der Waals surface area contributed by atoms with E-state index in [2.05, 4.69) is 29.0 Å². The molecule has 154 valence electrons. The quantitative estimate of drug-likeness (QED) is 0.598. The van der Waals surface area contributed by atoms with Crippen LogP contribution < -0.4 is 10.5 Å². The molecule has 6 heteroatoms. The number of anilines is 1. The summed E-state index contributed by atoms with van der Waals surface area (Å²) >= 11 is 12.3. The number of nitrogens with zero attached hydrogens (tertiary/aromatic N) is 2. The SMILES string of the molecule is CC=CC(C)(C=CC)c1nc(N2CCCC2)[nH]c(=O)c1Cc1ccc(Cl)c(Cl)c1. The van der Waals surface area contributed by atoms with E-state index in [9.17, 15) is 4.79 Å². The standard InChI is InChI=1S/C23H27Cl2N3O/c1-4-10-23(3,11-5-2)20-17(14-16-8-9-18(24)19(25)15-16)21(29)27-22(26-20)28-12-6-7-13-28/h4-5,8-11,15H,6-7,12-14H2,1-3H3,(H,26,27,29). The lowest BCUT2D eigenvalue weighted by Gasteiger charge is -2.26. The molecule has 2 aromatic rings. The molecule has 0 spiro atoms. The number of benzene rings is 1. The van der Waals surface area contributed by atoms with Crippen LogP contribution in [0.4, 0.5) is 5.95 Å². The highest BCUT2D eigenvalue weighted by atomic mass is 35.5. The molecule has 0 aliphatic carbocycles. The second kappa shape index (κ2) is 9.19. The average molecular weight is 432 g/mol. The molecule has 0 saturated carbocycles. The second-order valence-electron chi connectivity index (χ2n) is 7.62. The zero-order valence-corrected chi connectivity index (χ0v) is 18.6. The third-order valence-corrected chi connectivity index (χ3v) is 6.05. The fourth-order valence-electron chi connectivity index (χ4n) is 3.93. The molecule has 0 radical (unpaired) electrons. The Morgan fingerprint density at radius 2 is 1.79 bits per heavy atom. The van der Waals surface area contributed by atoms with Crippen LogP contribution in [-0.4, -0.2) is 23.1 Å². The predicted octanol–water partition coefficient (Wildman–Crippen LogP) is 5.68. The molecule has 1 aliphatic heterocycles. The molecule has 0 amide bonds. The number of aromatic nitrogens is 2. The highest BCUT2D eigenvalue weighted by molar-refractivity contribution is 6.42. The Balaban J connectivity index is 2.17. The van der Waals surface area contributed by atoms with Crippen molar-refractivity contribution >= 4 is 29.2 Å². The van der Waals surface area contributed by atoms with Gasteiger partial charge in [0.2, 0.25) is 5.95 Å². The fourth-order valence-corrected chi connectivity index (χ4v) is 4.25. The van der Waals surface area contributed by atoms with E-state index in [-0.39, 0.29) is 5.56 Å². The first-order valence-electron chi connectivity index (χ1n) is 9.98. The Hall–Kier alpha value is -2.04. The van der Waals surface area contributed by atoms with E-state index in [0.717, 1.165) is 37.2 Å². The molecule has 0 bridgehead atoms. The minimum Gasteiger partial charge on any atom is -0.342 e. The Labute approximate surface area is 182 Å². The zero-order valence-electron chi connectivity index (χ0n) is 17.1. The number of hydrogen-bond acceptors (Lipinski definition) is 3. The van der Waals surface area contributed by atoms with Crippen LogP contribution in [0, 0.1) is 0 Å². The summed E-state index contributed by atoms with van der Waals surface area (Å²) in [5, 5.41) is 0.980. The van der Waals surface area contributed by atoms with Crippen molar-refractivity contribution in [1.29, 1.82) is 0 Å². The molecule has 1 saturated heterocycles. The van der Waals surface area contributed by atoms with E-state index in [0.29, 0.717) is 28.0 Å². The lowest BCUT2D eigenvalue weighted by Crippen LogP contribution is -2.31. The van der Waals surface area contributed by atoms with Crippen molar-refractivity contribution in [2.45, 2.75) is 45.4 Å². The number of aromatic amines is 1. The molecule has 4 nitrogen and oxygen atoms in total. The minimum absolute atomic E-state index is 0.108. The Morgan fingerprint density at radius 3 is 2.38 bits per heavy atom. The third kappa shape index (κ3) is 4.76. The molecule has 1 aliphatic rings. The number of nitrogens with one attached hydrogen (secondary N) is 1. The number of halogens is 2. The van der Waals surface area contributed by atoms with Gasteiger partial charge in [-0.25, -0.2) is 4.98 Å². The van der Waals surface area contributed by atoms with Gasteiger partial charge < -0.3 is 4.90 Å². The van der Waals surface area contributed by atoms with Crippen molar-refractivity contribution in [3.05, 3.63) is 79.7 Å². The minimum atomic E-state index is -0.488.